The zero-order chi connectivity index (χ0) is 15.4. The van der Waals surface area contributed by atoms with Crippen LogP contribution in [-0.2, 0) is 0 Å². The van der Waals surface area contributed by atoms with Gasteiger partial charge in [0.15, 0.2) is 5.69 Å². The Kier molecular flexibility index (Phi) is 5.08. The fourth-order valence-corrected chi connectivity index (χ4v) is 3.56. The highest BCUT2D eigenvalue weighted by Gasteiger charge is 2.24. The summed E-state index contributed by atoms with van der Waals surface area (Å²) in [5, 5.41) is 11.7. The van der Waals surface area contributed by atoms with Gasteiger partial charge in [0.1, 0.15) is 0 Å². The molecule has 2 aliphatic rings. The lowest BCUT2D eigenvalue weighted by atomic mass is 9.98. The van der Waals surface area contributed by atoms with Crippen molar-refractivity contribution in [3.05, 3.63) is 11.9 Å². The van der Waals surface area contributed by atoms with Crippen LogP contribution in [0.3, 0.4) is 0 Å². The zero-order valence-electron chi connectivity index (χ0n) is 13.5. The summed E-state index contributed by atoms with van der Waals surface area (Å²) in [6, 6.07) is 0.379. The van der Waals surface area contributed by atoms with Crippen LogP contribution >= 0.6 is 0 Å². The molecule has 22 heavy (non-hydrogen) atoms. The molecule has 1 unspecified atom stereocenters. The van der Waals surface area contributed by atoms with Gasteiger partial charge in [0.05, 0.1) is 12.2 Å². The van der Waals surface area contributed by atoms with E-state index in [4.69, 9.17) is 0 Å². The fourth-order valence-electron chi connectivity index (χ4n) is 3.56. The lowest BCUT2D eigenvalue weighted by Gasteiger charge is -2.22. The first kappa shape index (κ1) is 15.5. The topological polar surface area (TPSA) is 63.1 Å². The Hall–Kier alpha value is -1.43. The summed E-state index contributed by atoms with van der Waals surface area (Å²) in [5.41, 5.74) is 0.508. The van der Waals surface area contributed by atoms with Crippen LogP contribution in [0.25, 0.3) is 0 Å². The van der Waals surface area contributed by atoms with Gasteiger partial charge in [-0.1, -0.05) is 18.6 Å². The van der Waals surface area contributed by atoms with Crippen molar-refractivity contribution in [3.63, 3.8) is 0 Å². The number of likely N-dealkylation sites (tertiary alicyclic amines) is 1. The molecule has 1 aromatic heterocycles. The number of nitrogens with zero attached hydrogens (tertiary/aromatic N) is 4. The smallest absolute Gasteiger partial charge is 0.276 e. The minimum Gasteiger partial charge on any atom is -0.337 e. The van der Waals surface area contributed by atoms with Crippen molar-refractivity contribution in [2.24, 2.45) is 5.92 Å². The molecule has 6 heteroatoms. The molecule has 0 bridgehead atoms. The average Bonchev–Trinajstić information content (AvgIpc) is 2.94. The van der Waals surface area contributed by atoms with Gasteiger partial charge < -0.3 is 10.2 Å². The molecular formula is C16H27N5O. The molecule has 2 saturated heterocycles. The number of amides is 1. The van der Waals surface area contributed by atoms with Gasteiger partial charge in [0.25, 0.3) is 5.91 Å². The second-order valence-corrected chi connectivity index (χ2v) is 6.56. The zero-order valence-corrected chi connectivity index (χ0v) is 13.5. The van der Waals surface area contributed by atoms with E-state index >= 15 is 0 Å². The fraction of sp³-hybridized carbons (Fsp3) is 0.812. The molecule has 1 N–H and O–H groups in total. The predicted octanol–water partition coefficient (Wildman–Crippen LogP) is 1.85. The highest BCUT2D eigenvalue weighted by atomic mass is 16.2. The number of carbonyl (C=O) groups excluding carboxylic acids is 1. The maximum atomic E-state index is 12.6. The largest absolute Gasteiger partial charge is 0.337 e. The van der Waals surface area contributed by atoms with E-state index in [1.165, 1.54) is 12.8 Å². The standard InChI is InChI=1S/C16H27N5O/c1-2-13-4-3-10-20(11-7-13)16(22)15-12-21(19-18-15)14-5-8-17-9-6-14/h12-14,17H,2-11H2,1H3. The van der Waals surface area contributed by atoms with Crippen molar-refractivity contribution >= 4 is 5.91 Å². The molecule has 1 atom stereocenters. The lowest BCUT2D eigenvalue weighted by molar-refractivity contribution is 0.0754. The summed E-state index contributed by atoms with van der Waals surface area (Å²) in [7, 11) is 0. The average molecular weight is 305 g/mol. The molecule has 3 rings (SSSR count). The summed E-state index contributed by atoms with van der Waals surface area (Å²) < 4.78 is 1.89. The second kappa shape index (κ2) is 7.22. The van der Waals surface area contributed by atoms with Gasteiger partial charge in [-0.15, -0.1) is 5.10 Å². The number of hydrogen-bond acceptors (Lipinski definition) is 4. The molecule has 0 saturated carbocycles. The Morgan fingerprint density at radius 1 is 1.27 bits per heavy atom. The molecule has 2 aliphatic heterocycles. The van der Waals surface area contributed by atoms with E-state index in [0.717, 1.165) is 57.8 Å². The van der Waals surface area contributed by atoms with Crippen molar-refractivity contribution in [2.75, 3.05) is 26.2 Å². The minimum absolute atomic E-state index is 0.0527. The van der Waals surface area contributed by atoms with E-state index in [9.17, 15) is 4.79 Å². The van der Waals surface area contributed by atoms with Crippen LogP contribution in [0.1, 0.15) is 62.0 Å². The summed E-state index contributed by atoms with van der Waals surface area (Å²) in [4.78, 5) is 14.6. The molecule has 0 aromatic carbocycles. The number of nitrogens with one attached hydrogen (secondary N) is 1. The molecule has 122 valence electrons. The van der Waals surface area contributed by atoms with E-state index in [0.29, 0.717) is 11.7 Å². The normalized spacial score (nSPS) is 24.2. The van der Waals surface area contributed by atoms with E-state index < -0.39 is 0 Å². The number of rotatable bonds is 3. The number of piperidine rings is 1. The van der Waals surface area contributed by atoms with Gasteiger partial charge in [-0.2, -0.15) is 0 Å². The van der Waals surface area contributed by atoms with Crippen LogP contribution in [0.15, 0.2) is 6.20 Å². The summed E-state index contributed by atoms with van der Waals surface area (Å²) in [6.45, 7) is 5.98. The molecule has 0 radical (unpaired) electrons. The van der Waals surface area contributed by atoms with Gasteiger partial charge >= 0.3 is 0 Å². The first-order chi connectivity index (χ1) is 10.8. The molecule has 1 amide bonds. The molecule has 2 fully saturated rings. The molecule has 3 heterocycles. The van der Waals surface area contributed by atoms with E-state index in [-0.39, 0.29) is 5.91 Å². The summed E-state index contributed by atoms with van der Waals surface area (Å²) >= 11 is 0. The maximum absolute atomic E-state index is 12.6. The third-order valence-electron chi connectivity index (χ3n) is 5.12. The van der Waals surface area contributed by atoms with E-state index in [2.05, 4.69) is 22.6 Å². The monoisotopic (exact) mass is 305 g/mol. The molecule has 0 spiro atoms. The van der Waals surface area contributed by atoms with Crippen molar-refractivity contribution in [1.82, 2.24) is 25.2 Å². The van der Waals surface area contributed by atoms with Crippen LogP contribution in [0.4, 0.5) is 0 Å². The number of aromatic nitrogens is 3. The molecule has 1 aromatic rings. The van der Waals surface area contributed by atoms with Crippen LogP contribution < -0.4 is 5.32 Å². The Morgan fingerprint density at radius 3 is 2.86 bits per heavy atom. The Morgan fingerprint density at radius 2 is 2.09 bits per heavy atom. The molecule has 6 nitrogen and oxygen atoms in total. The van der Waals surface area contributed by atoms with Gasteiger partial charge in [-0.05, 0) is 51.1 Å². The van der Waals surface area contributed by atoms with Gasteiger partial charge in [0.2, 0.25) is 0 Å². The lowest BCUT2D eigenvalue weighted by Crippen LogP contribution is -2.32. The van der Waals surface area contributed by atoms with Gasteiger partial charge in [-0.25, -0.2) is 4.68 Å². The van der Waals surface area contributed by atoms with Crippen molar-refractivity contribution in [3.8, 4) is 0 Å². The highest BCUT2D eigenvalue weighted by molar-refractivity contribution is 5.91. The Labute approximate surface area is 132 Å². The SMILES string of the molecule is CCC1CCCN(C(=O)c2cn(C3CCNCC3)nn2)CC1. The van der Waals surface area contributed by atoms with Crippen LogP contribution in [0, 0.1) is 5.92 Å². The van der Waals surface area contributed by atoms with Crippen LogP contribution in [0.5, 0.6) is 0 Å². The third kappa shape index (κ3) is 3.48. The summed E-state index contributed by atoms with van der Waals surface area (Å²) in [5.74, 6) is 0.820. The van der Waals surface area contributed by atoms with Crippen molar-refractivity contribution in [2.45, 2.75) is 51.5 Å². The highest BCUT2D eigenvalue weighted by Crippen LogP contribution is 2.22. The maximum Gasteiger partial charge on any atom is 0.276 e. The second-order valence-electron chi connectivity index (χ2n) is 6.56. The summed E-state index contributed by atoms with van der Waals surface area (Å²) in [6.07, 6.45) is 8.63. The number of carbonyl (C=O) groups is 1. The van der Waals surface area contributed by atoms with Crippen molar-refractivity contribution in [1.29, 1.82) is 0 Å². The molecule has 0 aliphatic carbocycles. The third-order valence-corrected chi connectivity index (χ3v) is 5.12. The Bertz CT molecular complexity index is 494. The van der Waals surface area contributed by atoms with E-state index in [1.54, 1.807) is 0 Å². The van der Waals surface area contributed by atoms with Gasteiger partial charge in [-0.3, -0.25) is 4.79 Å². The minimum atomic E-state index is 0.0527. The molecular weight excluding hydrogens is 278 g/mol. The van der Waals surface area contributed by atoms with Crippen LogP contribution in [0.2, 0.25) is 0 Å². The van der Waals surface area contributed by atoms with Crippen molar-refractivity contribution < 1.29 is 4.79 Å². The van der Waals surface area contributed by atoms with Crippen LogP contribution in [-0.4, -0.2) is 52.0 Å². The predicted molar refractivity (Wildman–Crippen MR) is 84.7 cm³/mol. The first-order valence-corrected chi connectivity index (χ1v) is 8.69. The van der Waals surface area contributed by atoms with Gasteiger partial charge in [0, 0.05) is 13.1 Å². The van der Waals surface area contributed by atoms with E-state index in [1.807, 2.05) is 15.8 Å². The number of hydrogen-bond donors (Lipinski definition) is 1. The first-order valence-electron chi connectivity index (χ1n) is 8.69. The quantitative estimate of drug-likeness (QED) is 0.926. The Balaban J connectivity index is 1.63.